The minimum absolute atomic E-state index is 0.918. The van der Waals surface area contributed by atoms with Gasteiger partial charge in [-0.3, -0.25) is 4.99 Å². The molecule has 0 aliphatic heterocycles. The van der Waals surface area contributed by atoms with Gasteiger partial charge in [0.15, 0.2) is 0 Å². The smallest absolute Gasteiger partial charge is 0.0427 e. The largest absolute Gasteiger partial charge is 0.393 e. The fourth-order valence-electron chi connectivity index (χ4n) is 0.282. The van der Waals surface area contributed by atoms with Crippen molar-refractivity contribution in [1.82, 2.24) is 5.32 Å². The Labute approximate surface area is 56.0 Å². The van der Waals surface area contributed by atoms with Gasteiger partial charge in [-0.05, 0) is 13.0 Å². The van der Waals surface area contributed by atoms with Crippen LogP contribution in [0.5, 0.6) is 0 Å². The molecule has 0 aliphatic carbocycles. The normalized spacial score (nSPS) is 12.0. The molecule has 0 heterocycles. The number of hydrogen-bond donors (Lipinski definition) is 1. The summed E-state index contributed by atoms with van der Waals surface area (Å²) < 4.78 is 0. The Bertz CT molecular complexity index is 134. The SMILES string of the molecule is C=CC(C)=N/C=C/NC. The van der Waals surface area contributed by atoms with E-state index in [9.17, 15) is 0 Å². The predicted octanol–water partition coefficient (Wildman–Crippen LogP) is 1.32. The molecule has 9 heavy (non-hydrogen) atoms. The lowest BCUT2D eigenvalue weighted by Gasteiger charge is -1.84. The van der Waals surface area contributed by atoms with E-state index >= 15 is 0 Å². The van der Waals surface area contributed by atoms with E-state index in [-0.39, 0.29) is 0 Å². The maximum absolute atomic E-state index is 3.99. The standard InChI is InChI=1S/C7H12N2/c1-4-7(2)9-6-5-8-3/h4-6,8H,1H2,2-3H3/b6-5+,9-7?. The fourth-order valence-corrected chi connectivity index (χ4v) is 0.282. The third-order valence-corrected chi connectivity index (χ3v) is 0.815. The van der Waals surface area contributed by atoms with Crippen LogP contribution >= 0.6 is 0 Å². The first-order chi connectivity index (χ1) is 4.31. The van der Waals surface area contributed by atoms with E-state index in [1.54, 1.807) is 18.5 Å². The van der Waals surface area contributed by atoms with E-state index < -0.39 is 0 Å². The Balaban J connectivity index is 3.68. The third kappa shape index (κ3) is 4.81. The van der Waals surface area contributed by atoms with Crippen LogP contribution in [0, 0.1) is 0 Å². The van der Waals surface area contributed by atoms with Crippen LogP contribution in [0.1, 0.15) is 6.92 Å². The van der Waals surface area contributed by atoms with Crippen molar-refractivity contribution in [1.29, 1.82) is 0 Å². The van der Waals surface area contributed by atoms with E-state index in [4.69, 9.17) is 0 Å². The highest BCUT2D eigenvalue weighted by atomic mass is 14.8. The summed E-state index contributed by atoms with van der Waals surface area (Å²) in [7, 11) is 1.83. The van der Waals surface area contributed by atoms with Gasteiger partial charge in [0.25, 0.3) is 0 Å². The van der Waals surface area contributed by atoms with Crippen LogP contribution in [-0.2, 0) is 0 Å². The number of rotatable bonds is 3. The van der Waals surface area contributed by atoms with Crippen LogP contribution in [-0.4, -0.2) is 12.8 Å². The summed E-state index contributed by atoms with van der Waals surface area (Å²) in [6.45, 7) is 5.45. The monoisotopic (exact) mass is 124 g/mol. The Morgan fingerprint density at radius 3 is 2.78 bits per heavy atom. The quantitative estimate of drug-likeness (QED) is 0.564. The second kappa shape index (κ2) is 5.09. The molecule has 0 saturated heterocycles. The van der Waals surface area contributed by atoms with Crippen LogP contribution in [0.3, 0.4) is 0 Å². The molecule has 0 spiro atoms. The van der Waals surface area contributed by atoms with Gasteiger partial charge < -0.3 is 5.32 Å². The molecule has 0 saturated carbocycles. The van der Waals surface area contributed by atoms with E-state index in [0.717, 1.165) is 5.71 Å². The van der Waals surface area contributed by atoms with Crippen LogP contribution < -0.4 is 5.32 Å². The first-order valence-corrected chi connectivity index (χ1v) is 2.80. The van der Waals surface area contributed by atoms with Crippen molar-refractivity contribution in [3.05, 3.63) is 25.1 Å². The van der Waals surface area contributed by atoms with Crippen molar-refractivity contribution in [2.75, 3.05) is 7.05 Å². The van der Waals surface area contributed by atoms with Crippen LogP contribution in [0.15, 0.2) is 30.0 Å². The Morgan fingerprint density at radius 2 is 2.33 bits per heavy atom. The summed E-state index contributed by atoms with van der Waals surface area (Å²) in [6.07, 6.45) is 5.16. The molecule has 0 aromatic rings. The number of hydrogen-bond acceptors (Lipinski definition) is 2. The van der Waals surface area contributed by atoms with Crippen molar-refractivity contribution in [2.45, 2.75) is 6.92 Å². The van der Waals surface area contributed by atoms with E-state index in [1.807, 2.05) is 14.0 Å². The lowest BCUT2D eigenvalue weighted by molar-refractivity contribution is 1.09. The van der Waals surface area contributed by atoms with Crippen molar-refractivity contribution in [3.63, 3.8) is 0 Å². The highest BCUT2D eigenvalue weighted by Crippen LogP contribution is 1.78. The van der Waals surface area contributed by atoms with Crippen LogP contribution in [0.2, 0.25) is 0 Å². The van der Waals surface area contributed by atoms with Crippen molar-refractivity contribution in [2.24, 2.45) is 4.99 Å². The van der Waals surface area contributed by atoms with Crippen LogP contribution in [0.25, 0.3) is 0 Å². The molecule has 0 amide bonds. The van der Waals surface area contributed by atoms with Gasteiger partial charge in [-0.25, -0.2) is 0 Å². The highest BCUT2D eigenvalue weighted by Gasteiger charge is 1.72. The van der Waals surface area contributed by atoms with Gasteiger partial charge in [0.1, 0.15) is 0 Å². The predicted molar refractivity (Wildman–Crippen MR) is 41.5 cm³/mol. The second-order valence-electron chi connectivity index (χ2n) is 1.58. The Kier molecular flexibility index (Phi) is 4.50. The second-order valence-corrected chi connectivity index (χ2v) is 1.58. The van der Waals surface area contributed by atoms with Gasteiger partial charge in [-0.15, -0.1) is 0 Å². The summed E-state index contributed by atoms with van der Waals surface area (Å²) >= 11 is 0. The maximum atomic E-state index is 3.99. The summed E-state index contributed by atoms with van der Waals surface area (Å²) in [5.74, 6) is 0. The summed E-state index contributed by atoms with van der Waals surface area (Å²) in [5, 5.41) is 2.83. The molecule has 50 valence electrons. The zero-order chi connectivity index (χ0) is 7.11. The maximum Gasteiger partial charge on any atom is 0.0427 e. The average Bonchev–Trinajstić information content (AvgIpc) is 1.89. The lowest BCUT2D eigenvalue weighted by atomic mass is 10.4. The molecule has 0 atom stereocenters. The van der Waals surface area contributed by atoms with Crippen molar-refractivity contribution < 1.29 is 0 Å². The van der Waals surface area contributed by atoms with Gasteiger partial charge >= 0.3 is 0 Å². The molecule has 0 rings (SSSR count). The zero-order valence-electron chi connectivity index (χ0n) is 5.89. The minimum atomic E-state index is 0.918. The summed E-state index contributed by atoms with van der Waals surface area (Å²) in [5.41, 5.74) is 0.918. The molecule has 2 heteroatoms. The lowest BCUT2D eigenvalue weighted by Crippen LogP contribution is -1.90. The fraction of sp³-hybridized carbons (Fsp3) is 0.286. The van der Waals surface area contributed by atoms with Gasteiger partial charge in [-0.2, -0.15) is 0 Å². The van der Waals surface area contributed by atoms with E-state index in [2.05, 4.69) is 16.9 Å². The number of aliphatic imine (C=N–C) groups is 1. The van der Waals surface area contributed by atoms with Gasteiger partial charge in [-0.1, -0.05) is 6.58 Å². The Hall–Kier alpha value is -1.05. The molecular formula is C7H12N2. The first-order valence-electron chi connectivity index (χ1n) is 2.80. The molecule has 0 bridgehead atoms. The minimum Gasteiger partial charge on any atom is -0.393 e. The van der Waals surface area contributed by atoms with Crippen molar-refractivity contribution in [3.8, 4) is 0 Å². The number of nitrogens with one attached hydrogen (secondary N) is 1. The number of allylic oxidation sites excluding steroid dienone is 1. The van der Waals surface area contributed by atoms with Gasteiger partial charge in [0.05, 0.1) is 0 Å². The topological polar surface area (TPSA) is 24.4 Å². The van der Waals surface area contributed by atoms with Gasteiger partial charge in [0, 0.05) is 25.2 Å². The molecule has 1 N–H and O–H groups in total. The molecule has 0 radical (unpaired) electrons. The zero-order valence-corrected chi connectivity index (χ0v) is 5.89. The molecule has 0 aromatic heterocycles. The molecule has 0 unspecified atom stereocenters. The summed E-state index contributed by atoms with van der Waals surface area (Å²) in [4.78, 5) is 3.99. The van der Waals surface area contributed by atoms with Gasteiger partial charge in [0.2, 0.25) is 0 Å². The molecule has 0 fully saturated rings. The molecule has 0 aromatic carbocycles. The molecule has 2 nitrogen and oxygen atoms in total. The van der Waals surface area contributed by atoms with Crippen molar-refractivity contribution >= 4 is 5.71 Å². The Morgan fingerprint density at radius 1 is 1.67 bits per heavy atom. The van der Waals surface area contributed by atoms with Crippen LogP contribution in [0.4, 0.5) is 0 Å². The molecule has 0 aliphatic rings. The number of nitrogens with zero attached hydrogens (tertiary/aromatic N) is 1. The van der Waals surface area contributed by atoms with E-state index in [1.165, 1.54) is 0 Å². The third-order valence-electron chi connectivity index (χ3n) is 0.815. The summed E-state index contributed by atoms with van der Waals surface area (Å²) in [6, 6.07) is 0. The highest BCUT2D eigenvalue weighted by molar-refractivity contribution is 5.92. The average molecular weight is 124 g/mol. The molecular weight excluding hydrogens is 112 g/mol. The first kappa shape index (κ1) is 7.95. The van der Waals surface area contributed by atoms with E-state index in [0.29, 0.717) is 0 Å².